The third-order valence-electron chi connectivity index (χ3n) is 5.34. The second kappa shape index (κ2) is 8.55. The topological polar surface area (TPSA) is 61.9 Å². The Bertz CT molecular complexity index is 1010. The van der Waals surface area contributed by atoms with Crippen LogP contribution in [0.2, 0.25) is 0 Å². The molecule has 0 saturated heterocycles. The van der Waals surface area contributed by atoms with Crippen molar-refractivity contribution in [3.05, 3.63) is 59.2 Å². The molecule has 4 rings (SSSR count). The Morgan fingerprint density at radius 2 is 1.97 bits per heavy atom. The highest BCUT2D eigenvalue weighted by molar-refractivity contribution is 7.99. The number of hydrogen-bond acceptors (Lipinski definition) is 5. The number of aromatic nitrogens is 4. The highest BCUT2D eigenvalue weighted by Crippen LogP contribution is 2.41. The number of methoxy groups -OCH3 is 1. The molecule has 0 aliphatic heterocycles. The molecule has 152 valence electrons. The minimum atomic E-state index is 0.113. The molecule has 0 radical (unpaired) electrons. The zero-order valence-corrected chi connectivity index (χ0v) is 17.9. The van der Waals surface area contributed by atoms with Crippen LogP contribution in [0.3, 0.4) is 0 Å². The van der Waals surface area contributed by atoms with E-state index in [4.69, 9.17) is 4.74 Å². The molecule has 1 aliphatic rings. The molecule has 0 spiro atoms. The molecule has 1 aromatic carbocycles. The van der Waals surface area contributed by atoms with Gasteiger partial charge >= 0.3 is 0 Å². The molecule has 0 unspecified atom stereocenters. The highest BCUT2D eigenvalue weighted by Gasteiger charge is 2.31. The highest BCUT2D eigenvalue weighted by atomic mass is 32.2. The van der Waals surface area contributed by atoms with E-state index in [1.807, 2.05) is 38.1 Å². The number of ether oxygens (including phenoxy) is 1. The molecule has 0 amide bonds. The van der Waals surface area contributed by atoms with E-state index in [2.05, 4.69) is 31.5 Å². The minimum Gasteiger partial charge on any atom is -0.383 e. The van der Waals surface area contributed by atoms with Crippen LogP contribution in [0.1, 0.15) is 46.3 Å². The van der Waals surface area contributed by atoms with Gasteiger partial charge in [-0.3, -0.25) is 9.36 Å². The summed E-state index contributed by atoms with van der Waals surface area (Å²) in [6.45, 7) is 5.41. The van der Waals surface area contributed by atoms with Gasteiger partial charge in [-0.1, -0.05) is 30.0 Å². The lowest BCUT2D eigenvalue weighted by Crippen LogP contribution is -2.10. The van der Waals surface area contributed by atoms with Crippen molar-refractivity contribution in [2.45, 2.75) is 44.3 Å². The van der Waals surface area contributed by atoms with Crippen LogP contribution in [-0.4, -0.2) is 44.6 Å². The summed E-state index contributed by atoms with van der Waals surface area (Å²) in [6.07, 6.45) is 2.31. The van der Waals surface area contributed by atoms with Gasteiger partial charge in [0.05, 0.1) is 12.4 Å². The van der Waals surface area contributed by atoms with Crippen LogP contribution >= 0.6 is 11.8 Å². The molecule has 6 nitrogen and oxygen atoms in total. The van der Waals surface area contributed by atoms with Gasteiger partial charge in [-0.05, 0) is 44.9 Å². The summed E-state index contributed by atoms with van der Waals surface area (Å²) in [5, 5.41) is 9.62. The first-order chi connectivity index (χ1) is 14.1. The van der Waals surface area contributed by atoms with Gasteiger partial charge in [0, 0.05) is 42.2 Å². The van der Waals surface area contributed by atoms with Crippen LogP contribution < -0.4 is 0 Å². The quantitative estimate of drug-likeness (QED) is 0.391. The number of hydrogen-bond donors (Lipinski definition) is 0. The number of rotatable bonds is 9. The van der Waals surface area contributed by atoms with Crippen molar-refractivity contribution in [2.75, 3.05) is 19.5 Å². The van der Waals surface area contributed by atoms with Gasteiger partial charge in [-0.2, -0.15) is 0 Å². The van der Waals surface area contributed by atoms with Gasteiger partial charge in [0.1, 0.15) is 5.82 Å². The summed E-state index contributed by atoms with van der Waals surface area (Å²) >= 11 is 1.46. The molecule has 29 heavy (non-hydrogen) atoms. The monoisotopic (exact) mass is 410 g/mol. The van der Waals surface area contributed by atoms with Crippen molar-refractivity contribution in [1.29, 1.82) is 0 Å². The van der Waals surface area contributed by atoms with E-state index < -0.39 is 0 Å². The van der Waals surface area contributed by atoms with Crippen molar-refractivity contribution in [2.24, 2.45) is 0 Å². The van der Waals surface area contributed by atoms with Crippen LogP contribution in [0.4, 0.5) is 0 Å². The number of para-hydroxylation sites is 1. The van der Waals surface area contributed by atoms with Crippen LogP contribution in [0, 0.1) is 13.8 Å². The largest absolute Gasteiger partial charge is 0.383 e. The van der Waals surface area contributed by atoms with Crippen LogP contribution in [0.15, 0.2) is 41.6 Å². The van der Waals surface area contributed by atoms with E-state index in [9.17, 15) is 4.79 Å². The third kappa shape index (κ3) is 4.16. The first-order valence-electron chi connectivity index (χ1n) is 9.92. The normalized spacial score (nSPS) is 13.8. The second-order valence-electron chi connectivity index (χ2n) is 7.43. The van der Waals surface area contributed by atoms with E-state index in [1.165, 1.54) is 11.8 Å². The molecule has 1 fully saturated rings. The van der Waals surface area contributed by atoms with Crippen molar-refractivity contribution < 1.29 is 9.53 Å². The van der Waals surface area contributed by atoms with Gasteiger partial charge in [-0.25, -0.2) is 0 Å². The molecule has 2 heterocycles. The summed E-state index contributed by atoms with van der Waals surface area (Å²) in [7, 11) is 1.69. The van der Waals surface area contributed by atoms with Crippen molar-refractivity contribution in [3.8, 4) is 5.69 Å². The lowest BCUT2D eigenvalue weighted by atomic mass is 10.2. The molecule has 3 aromatic rings. The summed E-state index contributed by atoms with van der Waals surface area (Å²) in [5.41, 5.74) is 3.90. The molecule has 2 aromatic heterocycles. The van der Waals surface area contributed by atoms with Gasteiger partial charge in [0.25, 0.3) is 0 Å². The van der Waals surface area contributed by atoms with E-state index >= 15 is 0 Å². The smallest absolute Gasteiger partial charge is 0.196 e. The van der Waals surface area contributed by atoms with Crippen LogP contribution in [-0.2, 0) is 11.3 Å². The average Bonchev–Trinajstić information content (AvgIpc) is 3.43. The number of aryl methyl sites for hydroxylation is 1. The summed E-state index contributed by atoms with van der Waals surface area (Å²) in [5.74, 6) is 1.93. The lowest BCUT2D eigenvalue weighted by Gasteiger charge is -2.10. The van der Waals surface area contributed by atoms with Crippen LogP contribution in [0.5, 0.6) is 0 Å². The number of benzene rings is 1. The summed E-state index contributed by atoms with van der Waals surface area (Å²) < 4.78 is 9.43. The maximum atomic E-state index is 13.0. The van der Waals surface area contributed by atoms with Gasteiger partial charge < -0.3 is 9.30 Å². The lowest BCUT2D eigenvalue weighted by molar-refractivity contribution is 0.102. The molecular weight excluding hydrogens is 384 g/mol. The number of thioether (sulfide) groups is 1. The van der Waals surface area contributed by atoms with Crippen molar-refractivity contribution >= 4 is 17.5 Å². The standard InChI is InChI=1S/C22H26N4O2S/c1-15-13-19(16(2)25(15)11-12-28-3)20(27)14-29-22-24-23-21(17-9-10-17)26(22)18-7-5-4-6-8-18/h4-8,13,17H,9-12,14H2,1-3H3. The third-order valence-corrected chi connectivity index (χ3v) is 6.27. The molecule has 0 bridgehead atoms. The van der Waals surface area contributed by atoms with E-state index in [1.54, 1.807) is 7.11 Å². The predicted molar refractivity (Wildman–Crippen MR) is 114 cm³/mol. The number of nitrogens with zero attached hydrogens (tertiary/aromatic N) is 4. The number of carbonyl (C=O) groups excluding carboxylic acids is 1. The van der Waals surface area contributed by atoms with E-state index in [0.717, 1.165) is 53.0 Å². The van der Waals surface area contributed by atoms with E-state index in [-0.39, 0.29) is 5.78 Å². The zero-order valence-electron chi connectivity index (χ0n) is 17.1. The molecule has 0 atom stereocenters. The van der Waals surface area contributed by atoms with E-state index in [0.29, 0.717) is 18.3 Å². The Labute approximate surface area is 175 Å². The Kier molecular flexibility index (Phi) is 5.87. The van der Waals surface area contributed by atoms with Crippen molar-refractivity contribution in [1.82, 2.24) is 19.3 Å². The van der Waals surface area contributed by atoms with Gasteiger partial charge in [0.15, 0.2) is 10.9 Å². The van der Waals surface area contributed by atoms with Gasteiger partial charge in [-0.15, -0.1) is 10.2 Å². The Morgan fingerprint density at radius 3 is 2.66 bits per heavy atom. The SMILES string of the molecule is COCCn1c(C)cc(C(=O)CSc2nnc(C3CC3)n2-c2ccccc2)c1C. The molecule has 1 aliphatic carbocycles. The Hall–Kier alpha value is -2.38. The van der Waals surface area contributed by atoms with Gasteiger partial charge in [0.2, 0.25) is 0 Å². The first-order valence-corrected chi connectivity index (χ1v) is 10.9. The summed E-state index contributed by atoms with van der Waals surface area (Å²) in [4.78, 5) is 13.0. The maximum Gasteiger partial charge on any atom is 0.196 e. The predicted octanol–water partition coefficient (Wildman–Crippen LogP) is 4.18. The first kappa shape index (κ1) is 19.9. The molecule has 7 heteroatoms. The second-order valence-corrected chi connectivity index (χ2v) is 8.37. The Balaban J connectivity index is 1.53. The fourth-order valence-electron chi connectivity index (χ4n) is 3.62. The number of Topliss-reactive ketones (excluding diaryl/α,β-unsaturated/α-hetero) is 1. The average molecular weight is 411 g/mol. The summed E-state index contributed by atoms with van der Waals surface area (Å²) in [6, 6.07) is 12.1. The molecular formula is C22H26N4O2S. The Morgan fingerprint density at radius 1 is 1.21 bits per heavy atom. The minimum absolute atomic E-state index is 0.113. The van der Waals surface area contributed by atoms with Crippen LogP contribution in [0.25, 0.3) is 5.69 Å². The number of carbonyl (C=O) groups is 1. The maximum absolute atomic E-state index is 13.0. The fourth-order valence-corrected chi connectivity index (χ4v) is 4.46. The zero-order chi connectivity index (χ0) is 20.4. The van der Waals surface area contributed by atoms with Crippen molar-refractivity contribution in [3.63, 3.8) is 0 Å². The molecule has 1 saturated carbocycles. The number of ketones is 1. The molecule has 0 N–H and O–H groups in total. The fraction of sp³-hybridized carbons (Fsp3) is 0.409.